The highest BCUT2D eigenvalue weighted by molar-refractivity contribution is 5.38. The minimum Gasteiger partial charge on any atom is -0.497 e. The molecule has 0 bridgehead atoms. The predicted octanol–water partition coefficient (Wildman–Crippen LogP) is 4.83. The van der Waals surface area contributed by atoms with Crippen molar-refractivity contribution in [2.75, 3.05) is 7.11 Å². The normalized spacial score (nSPS) is 17.9. The molecular formula is C19H20O2. The number of hydrogen-bond acceptors (Lipinski definition) is 2. The lowest BCUT2D eigenvalue weighted by molar-refractivity contribution is 0.409. The molecule has 0 aliphatic heterocycles. The second kappa shape index (κ2) is 7.34. The maximum Gasteiger partial charge on any atom is 0.130 e. The van der Waals surface area contributed by atoms with Crippen LogP contribution < -0.4 is 9.47 Å². The molecule has 0 fully saturated rings. The summed E-state index contributed by atoms with van der Waals surface area (Å²) in [7, 11) is 1.64. The Morgan fingerprint density at radius 2 is 1.81 bits per heavy atom. The first-order chi connectivity index (χ1) is 10.3. The first-order valence-electron chi connectivity index (χ1n) is 6.92. The monoisotopic (exact) mass is 280 g/mol. The molecule has 2 rings (SSSR count). The Bertz CT molecular complexity index is 588. The van der Waals surface area contributed by atoms with Crippen molar-refractivity contribution < 1.29 is 9.47 Å². The third kappa shape index (κ3) is 3.76. The van der Waals surface area contributed by atoms with Crippen molar-refractivity contribution in [1.82, 2.24) is 0 Å². The van der Waals surface area contributed by atoms with E-state index in [-0.39, 0.29) is 5.92 Å². The first-order valence-corrected chi connectivity index (χ1v) is 6.92. The summed E-state index contributed by atoms with van der Waals surface area (Å²) < 4.78 is 11.1. The molecule has 1 atom stereocenters. The molecule has 1 unspecified atom stereocenters. The quantitative estimate of drug-likeness (QED) is 0.548. The summed E-state index contributed by atoms with van der Waals surface area (Å²) in [5, 5.41) is 0. The van der Waals surface area contributed by atoms with E-state index in [1.165, 1.54) is 0 Å². The average molecular weight is 280 g/mol. The first kappa shape index (κ1) is 14.9. The van der Waals surface area contributed by atoms with Crippen molar-refractivity contribution in [3.8, 4) is 11.5 Å². The molecule has 2 nitrogen and oxygen atoms in total. The van der Waals surface area contributed by atoms with Crippen molar-refractivity contribution in [3.63, 3.8) is 0 Å². The van der Waals surface area contributed by atoms with E-state index in [2.05, 4.69) is 31.4 Å². The van der Waals surface area contributed by atoms with Gasteiger partial charge in [-0.1, -0.05) is 43.5 Å². The summed E-state index contributed by atoms with van der Waals surface area (Å²) in [5.41, 5.74) is 1.04. The highest BCUT2D eigenvalue weighted by atomic mass is 16.5. The fraction of sp³-hybridized carbons (Fsp3) is 0.158. The molecule has 2 heteroatoms. The van der Waals surface area contributed by atoms with Gasteiger partial charge >= 0.3 is 0 Å². The van der Waals surface area contributed by atoms with Crippen LogP contribution in [0.25, 0.3) is 0 Å². The zero-order valence-corrected chi connectivity index (χ0v) is 12.3. The summed E-state index contributed by atoms with van der Waals surface area (Å²) in [4.78, 5) is 0. The van der Waals surface area contributed by atoms with Gasteiger partial charge in [0.15, 0.2) is 0 Å². The molecule has 0 aromatic heterocycles. The SMILES string of the molecule is C=C/C(Oc1ccc(OC)cc1)=C(\C=C)C1C=CC=CC1. The van der Waals surface area contributed by atoms with Crippen LogP contribution in [0.5, 0.6) is 11.5 Å². The Morgan fingerprint density at radius 1 is 1.10 bits per heavy atom. The van der Waals surface area contributed by atoms with Crippen LogP contribution in [0.15, 0.2) is 85.2 Å². The van der Waals surface area contributed by atoms with Gasteiger partial charge in [0.05, 0.1) is 7.11 Å². The Morgan fingerprint density at radius 3 is 2.33 bits per heavy atom. The Hall–Kier alpha value is -2.48. The number of benzene rings is 1. The van der Waals surface area contributed by atoms with Crippen molar-refractivity contribution in [2.45, 2.75) is 6.42 Å². The van der Waals surface area contributed by atoms with Crippen LogP contribution in [0.4, 0.5) is 0 Å². The molecule has 21 heavy (non-hydrogen) atoms. The predicted molar refractivity (Wildman–Crippen MR) is 87.4 cm³/mol. The molecular weight excluding hydrogens is 260 g/mol. The van der Waals surface area contributed by atoms with Crippen molar-refractivity contribution in [3.05, 3.63) is 85.2 Å². The molecule has 0 spiro atoms. The van der Waals surface area contributed by atoms with Gasteiger partial charge in [0.25, 0.3) is 0 Å². The van der Waals surface area contributed by atoms with E-state index in [1.807, 2.05) is 36.4 Å². The largest absolute Gasteiger partial charge is 0.497 e. The molecule has 0 heterocycles. The number of ether oxygens (including phenoxy) is 2. The maximum absolute atomic E-state index is 5.95. The van der Waals surface area contributed by atoms with Crippen LogP contribution in [0.1, 0.15) is 6.42 Å². The lowest BCUT2D eigenvalue weighted by Gasteiger charge is -2.18. The van der Waals surface area contributed by atoms with Crippen molar-refractivity contribution >= 4 is 0 Å². The van der Waals surface area contributed by atoms with Gasteiger partial charge in [-0.3, -0.25) is 0 Å². The minimum atomic E-state index is 0.277. The molecule has 1 aliphatic rings. The second-order valence-electron chi connectivity index (χ2n) is 4.66. The molecule has 108 valence electrons. The van der Waals surface area contributed by atoms with Gasteiger partial charge in [-0.05, 0) is 36.8 Å². The van der Waals surface area contributed by atoms with Gasteiger partial charge in [0, 0.05) is 11.5 Å². The van der Waals surface area contributed by atoms with E-state index in [9.17, 15) is 0 Å². The van der Waals surface area contributed by atoms with Gasteiger partial charge in [-0.25, -0.2) is 0 Å². The minimum absolute atomic E-state index is 0.277. The van der Waals surface area contributed by atoms with Crippen LogP contribution in [0, 0.1) is 5.92 Å². The summed E-state index contributed by atoms with van der Waals surface area (Å²) in [6.45, 7) is 7.77. The summed E-state index contributed by atoms with van der Waals surface area (Å²) in [5.74, 6) is 2.56. The Kier molecular flexibility index (Phi) is 5.22. The zero-order valence-electron chi connectivity index (χ0n) is 12.3. The molecule has 0 saturated heterocycles. The topological polar surface area (TPSA) is 18.5 Å². The molecule has 0 N–H and O–H groups in total. The van der Waals surface area contributed by atoms with E-state index in [4.69, 9.17) is 9.47 Å². The van der Waals surface area contributed by atoms with Crippen LogP contribution >= 0.6 is 0 Å². The molecule has 1 aromatic rings. The smallest absolute Gasteiger partial charge is 0.130 e. The maximum atomic E-state index is 5.95. The lowest BCUT2D eigenvalue weighted by Crippen LogP contribution is -2.06. The lowest BCUT2D eigenvalue weighted by atomic mass is 9.91. The van der Waals surface area contributed by atoms with Gasteiger partial charge in [0.2, 0.25) is 0 Å². The highest BCUT2D eigenvalue weighted by Gasteiger charge is 2.14. The van der Waals surface area contributed by atoms with Gasteiger partial charge in [0.1, 0.15) is 17.3 Å². The van der Waals surface area contributed by atoms with Crippen LogP contribution in [-0.2, 0) is 0 Å². The summed E-state index contributed by atoms with van der Waals surface area (Å²) >= 11 is 0. The van der Waals surface area contributed by atoms with E-state index in [1.54, 1.807) is 13.2 Å². The van der Waals surface area contributed by atoms with Crippen LogP contribution in [0.3, 0.4) is 0 Å². The third-order valence-corrected chi connectivity index (χ3v) is 3.36. The number of rotatable bonds is 6. The van der Waals surface area contributed by atoms with Crippen molar-refractivity contribution in [2.24, 2.45) is 5.92 Å². The number of methoxy groups -OCH3 is 1. The summed E-state index contributed by atoms with van der Waals surface area (Å²) in [6.07, 6.45) is 12.9. The molecule has 1 aliphatic carbocycles. The number of hydrogen-bond donors (Lipinski definition) is 0. The Balaban J connectivity index is 2.24. The molecule has 0 radical (unpaired) electrons. The van der Waals surface area contributed by atoms with E-state index < -0.39 is 0 Å². The highest BCUT2D eigenvalue weighted by Crippen LogP contribution is 2.27. The molecule has 1 aromatic carbocycles. The van der Waals surface area contributed by atoms with E-state index >= 15 is 0 Å². The Labute approximate surface area is 126 Å². The zero-order chi connectivity index (χ0) is 15.1. The molecule has 0 amide bonds. The van der Waals surface area contributed by atoms with Crippen LogP contribution in [-0.4, -0.2) is 7.11 Å². The standard InChI is InChI=1S/C19H20O2/c1-4-18(15-9-7-6-8-10-15)19(5-2)21-17-13-11-16(20-3)12-14-17/h4-9,11-15H,1-2,10H2,3H3/b19-18-. The van der Waals surface area contributed by atoms with Gasteiger partial charge in [-0.2, -0.15) is 0 Å². The van der Waals surface area contributed by atoms with Gasteiger partial charge < -0.3 is 9.47 Å². The molecule has 0 saturated carbocycles. The fourth-order valence-electron chi connectivity index (χ4n) is 2.24. The van der Waals surface area contributed by atoms with E-state index in [0.29, 0.717) is 0 Å². The van der Waals surface area contributed by atoms with Crippen molar-refractivity contribution in [1.29, 1.82) is 0 Å². The van der Waals surface area contributed by atoms with Crippen LogP contribution in [0.2, 0.25) is 0 Å². The fourth-order valence-corrected chi connectivity index (χ4v) is 2.24. The van der Waals surface area contributed by atoms with Gasteiger partial charge in [-0.15, -0.1) is 0 Å². The number of allylic oxidation sites excluding steroid dienone is 7. The summed E-state index contributed by atoms with van der Waals surface area (Å²) in [6, 6.07) is 7.49. The average Bonchev–Trinajstić information content (AvgIpc) is 2.56. The van der Waals surface area contributed by atoms with E-state index in [0.717, 1.165) is 29.3 Å². The third-order valence-electron chi connectivity index (χ3n) is 3.36. The second-order valence-corrected chi connectivity index (χ2v) is 4.66.